The zero-order valence-corrected chi connectivity index (χ0v) is 10.1. The molecule has 0 radical (unpaired) electrons. The molecule has 2 N–H and O–H groups in total. The maximum absolute atomic E-state index is 11.7. The number of likely N-dealkylation sites (tertiary alicyclic amines) is 1. The van der Waals surface area contributed by atoms with E-state index in [1.54, 1.807) is 7.11 Å². The van der Waals surface area contributed by atoms with Gasteiger partial charge in [0.25, 0.3) is 0 Å². The number of amides is 1. The molecule has 1 aliphatic rings. The van der Waals surface area contributed by atoms with Gasteiger partial charge in [0.2, 0.25) is 5.91 Å². The monoisotopic (exact) mass is 230 g/mol. The largest absolute Gasteiger partial charge is 0.392 e. The van der Waals surface area contributed by atoms with Crippen molar-refractivity contribution in [3.63, 3.8) is 0 Å². The molecule has 16 heavy (non-hydrogen) atoms. The van der Waals surface area contributed by atoms with Crippen molar-refractivity contribution in [3.8, 4) is 0 Å². The van der Waals surface area contributed by atoms with Crippen LogP contribution >= 0.6 is 0 Å². The van der Waals surface area contributed by atoms with Crippen molar-refractivity contribution in [1.29, 1.82) is 0 Å². The Hall–Kier alpha value is -0.650. The van der Waals surface area contributed by atoms with E-state index in [4.69, 9.17) is 4.74 Å². The van der Waals surface area contributed by atoms with Crippen molar-refractivity contribution in [2.45, 2.75) is 31.9 Å². The number of piperidine rings is 1. The van der Waals surface area contributed by atoms with Crippen LogP contribution in [0.4, 0.5) is 0 Å². The third-order valence-electron chi connectivity index (χ3n) is 2.96. The van der Waals surface area contributed by atoms with Crippen LogP contribution in [0, 0.1) is 0 Å². The van der Waals surface area contributed by atoms with E-state index in [0.29, 0.717) is 19.7 Å². The van der Waals surface area contributed by atoms with Crippen molar-refractivity contribution in [1.82, 2.24) is 10.2 Å². The third-order valence-corrected chi connectivity index (χ3v) is 2.96. The highest BCUT2D eigenvalue weighted by molar-refractivity contribution is 5.81. The van der Waals surface area contributed by atoms with Gasteiger partial charge in [-0.3, -0.25) is 9.69 Å². The van der Waals surface area contributed by atoms with Crippen LogP contribution in [-0.4, -0.2) is 61.4 Å². The summed E-state index contributed by atoms with van der Waals surface area (Å²) in [6.45, 7) is 4.42. The summed E-state index contributed by atoms with van der Waals surface area (Å²) in [5.74, 6) is 0.00569. The first-order chi connectivity index (χ1) is 7.65. The van der Waals surface area contributed by atoms with Gasteiger partial charge < -0.3 is 15.2 Å². The molecule has 2 unspecified atom stereocenters. The van der Waals surface area contributed by atoms with Crippen LogP contribution in [0.2, 0.25) is 0 Å². The number of hydrogen-bond donors (Lipinski definition) is 2. The Morgan fingerprint density at radius 1 is 1.69 bits per heavy atom. The first-order valence-electron chi connectivity index (χ1n) is 5.84. The molecule has 94 valence electrons. The van der Waals surface area contributed by atoms with E-state index in [0.717, 1.165) is 19.4 Å². The fraction of sp³-hybridized carbons (Fsp3) is 0.909. The van der Waals surface area contributed by atoms with Crippen LogP contribution in [-0.2, 0) is 9.53 Å². The maximum atomic E-state index is 11.7. The Labute approximate surface area is 96.8 Å². The minimum atomic E-state index is -0.289. The van der Waals surface area contributed by atoms with Gasteiger partial charge in [0.1, 0.15) is 0 Å². The van der Waals surface area contributed by atoms with Crippen molar-refractivity contribution >= 4 is 5.91 Å². The van der Waals surface area contributed by atoms with Gasteiger partial charge in [0.05, 0.1) is 18.8 Å². The van der Waals surface area contributed by atoms with E-state index < -0.39 is 0 Å². The van der Waals surface area contributed by atoms with E-state index in [1.165, 1.54) is 0 Å². The molecule has 1 fully saturated rings. The highest BCUT2D eigenvalue weighted by Gasteiger charge is 2.25. The van der Waals surface area contributed by atoms with E-state index in [1.807, 2.05) is 11.8 Å². The zero-order chi connectivity index (χ0) is 12.0. The number of rotatable bonds is 5. The van der Waals surface area contributed by atoms with Gasteiger partial charge in [0, 0.05) is 20.2 Å². The molecule has 1 heterocycles. The molecule has 0 aromatic rings. The molecule has 1 saturated heterocycles. The predicted molar refractivity (Wildman–Crippen MR) is 61.2 cm³/mol. The Morgan fingerprint density at radius 3 is 3.06 bits per heavy atom. The summed E-state index contributed by atoms with van der Waals surface area (Å²) in [6, 6.07) is -0.174. The summed E-state index contributed by atoms with van der Waals surface area (Å²) in [6.07, 6.45) is 1.51. The summed E-state index contributed by atoms with van der Waals surface area (Å²) in [4.78, 5) is 13.8. The van der Waals surface area contributed by atoms with Crippen LogP contribution in [0.5, 0.6) is 0 Å². The van der Waals surface area contributed by atoms with Gasteiger partial charge in [-0.15, -0.1) is 0 Å². The van der Waals surface area contributed by atoms with Crippen molar-refractivity contribution in [2.24, 2.45) is 0 Å². The first kappa shape index (κ1) is 13.4. The molecule has 0 aromatic carbocycles. The second-order valence-corrected chi connectivity index (χ2v) is 4.25. The van der Waals surface area contributed by atoms with E-state index in [-0.39, 0.29) is 18.1 Å². The summed E-state index contributed by atoms with van der Waals surface area (Å²) >= 11 is 0. The van der Waals surface area contributed by atoms with Crippen LogP contribution in [0.25, 0.3) is 0 Å². The quantitative estimate of drug-likeness (QED) is 0.631. The molecular weight excluding hydrogens is 208 g/mol. The average Bonchev–Trinajstić information content (AvgIpc) is 2.28. The Kier molecular flexibility index (Phi) is 5.73. The standard InChI is InChI=1S/C11H22N2O3/c1-9(11(15)12-5-7-16-2)13-6-3-4-10(14)8-13/h9-10,14H,3-8H2,1-2H3,(H,12,15). The van der Waals surface area contributed by atoms with Crippen LogP contribution < -0.4 is 5.32 Å². The van der Waals surface area contributed by atoms with Gasteiger partial charge in [-0.05, 0) is 26.3 Å². The Morgan fingerprint density at radius 2 is 2.44 bits per heavy atom. The van der Waals surface area contributed by atoms with Crippen LogP contribution in [0.3, 0.4) is 0 Å². The van der Waals surface area contributed by atoms with Gasteiger partial charge in [-0.2, -0.15) is 0 Å². The minimum absolute atomic E-state index is 0.00569. The molecular formula is C11H22N2O3. The number of methoxy groups -OCH3 is 1. The Bertz CT molecular complexity index is 223. The topological polar surface area (TPSA) is 61.8 Å². The molecule has 0 saturated carbocycles. The SMILES string of the molecule is COCCNC(=O)C(C)N1CCCC(O)C1. The van der Waals surface area contributed by atoms with Gasteiger partial charge in [0.15, 0.2) is 0 Å². The lowest BCUT2D eigenvalue weighted by atomic mass is 10.1. The maximum Gasteiger partial charge on any atom is 0.237 e. The number of β-amino-alcohol motifs (C(OH)–C–C–N with tert-alkyl or cyclic N) is 1. The molecule has 1 aliphatic heterocycles. The molecule has 1 amide bonds. The fourth-order valence-electron chi connectivity index (χ4n) is 1.92. The van der Waals surface area contributed by atoms with Crippen molar-refractivity contribution in [2.75, 3.05) is 33.4 Å². The molecule has 0 aromatic heterocycles. The predicted octanol–water partition coefficient (Wildman–Crippen LogP) is -0.406. The molecule has 2 atom stereocenters. The molecule has 0 spiro atoms. The number of nitrogens with zero attached hydrogens (tertiary/aromatic N) is 1. The highest BCUT2D eigenvalue weighted by atomic mass is 16.5. The Balaban J connectivity index is 2.31. The zero-order valence-electron chi connectivity index (χ0n) is 10.1. The molecule has 0 aliphatic carbocycles. The van der Waals surface area contributed by atoms with Gasteiger partial charge in [-0.1, -0.05) is 0 Å². The molecule has 0 bridgehead atoms. The molecule has 5 nitrogen and oxygen atoms in total. The number of carbonyl (C=O) groups excluding carboxylic acids is 1. The number of hydrogen-bond acceptors (Lipinski definition) is 4. The van der Waals surface area contributed by atoms with Gasteiger partial charge >= 0.3 is 0 Å². The number of ether oxygens (including phenoxy) is 1. The van der Waals surface area contributed by atoms with E-state index in [9.17, 15) is 9.90 Å². The fourth-order valence-corrected chi connectivity index (χ4v) is 1.92. The number of aliphatic hydroxyl groups excluding tert-OH is 1. The van der Waals surface area contributed by atoms with Crippen molar-refractivity contribution < 1.29 is 14.6 Å². The summed E-state index contributed by atoms with van der Waals surface area (Å²) < 4.78 is 4.87. The summed E-state index contributed by atoms with van der Waals surface area (Å²) in [5, 5.41) is 12.3. The smallest absolute Gasteiger partial charge is 0.237 e. The number of nitrogens with one attached hydrogen (secondary N) is 1. The summed E-state index contributed by atoms with van der Waals surface area (Å²) in [7, 11) is 1.61. The second-order valence-electron chi connectivity index (χ2n) is 4.25. The lowest BCUT2D eigenvalue weighted by molar-refractivity contribution is -0.127. The number of aliphatic hydroxyl groups is 1. The number of carbonyl (C=O) groups is 1. The molecule has 1 rings (SSSR count). The lowest BCUT2D eigenvalue weighted by Crippen LogP contribution is -2.50. The normalized spacial score (nSPS) is 24.1. The second kappa shape index (κ2) is 6.83. The van der Waals surface area contributed by atoms with Crippen molar-refractivity contribution in [3.05, 3.63) is 0 Å². The van der Waals surface area contributed by atoms with Crippen LogP contribution in [0.15, 0.2) is 0 Å². The summed E-state index contributed by atoms with van der Waals surface area (Å²) in [5.41, 5.74) is 0. The van der Waals surface area contributed by atoms with Gasteiger partial charge in [-0.25, -0.2) is 0 Å². The lowest BCUT2D eigenvalue weighted by Gasteiger charge is -2.33. The average molecular weight is 230 g/mol. The molecule has 5 heteroatoms. The van der Waals surface area contributed by atoms with Crippen LogP contribution in [0.1, 0.15) is 19.8 Å². The third kappa shape index (κ3) is 4.08. The minimum Gasteiger partial charge on any atom is -0.392 e. The van der Waals surface area contributed by atoms with E-state index >= 15 is 0 Å². The van der Waals surface area contributed by atoms with E-state index in [2.05, 4.69) is 5.32 Å². The first-order valence-corrected chi connectivity index (χ1v) is 5.84. The highest BCUT2D eigenvalue weighted by Crippen LogP contribution is 2.12.